The highest BCUT2D eigenvalue weighted by atomic mass is 32.2. The minimum atomic E-state index is -3.32. The molecule has 1 N–H and O–H groups in total. The van der Waals surface area contributed by atoms with E-state index in [1.807, 2.05) is 6.07 Å². The molecule has 2 atom stereocenters. The topological polar surface area (TPSA) is 107 Å². The van der Waals surface area contributed by atoms with Gasteiger partial charge >= 0.3 is 6.03 Å². The Labute approximate surface area is 241 Å². The number of carbonyl (C=O) groups is 3. The van der Waals surface area contributed by atoms with Gasteiger partial charge in [-0.2, -0.15) is 0 Å². The number of piperidine rings is 1. The van der Waals surface area contributed by atoms with Crippen LogP contribution in [-0.2, 0) is 26.0 Å². The van der Waals surface area contributed by atoms with Crippen LogP contribution in [-0.4, -0.2) is 85.5 Å². The highest BCUT2D eigenvalue weighted by Gasteiger charge is 2.53. The van der Waals surface area contributed by atoms with Crippen LogP contribution in [0.25, 0.3) is 0 Å². The first-order valence-corrected chi connectivity index (χ1v) is 16.4. The minimum Gasteiger partial charge on any atom is -0.341 e. The summed E-state index contributed by atoms with van der Waals surface area (Å²) in [5.41, 5.74) is 0.872. The van der Waals surface area contributed by atoms with E-state index >= 15 is 0 Å². The van der Waals surface area contributed by atoms with Gasteiger partial charge in [-0.25, -0.2) is 13.2 Å². The smallest absolute Gasteiger partial charge is 0.325 e. The van der Waals surface area contributed by atoms with Gasteiger partial charge in [0.2, 0.25) is 5.91 Å². The van der Waals surface area contributed by atoms with E-state index in [9.17, 15) is 22.8 Å². The summed E-state index contributed by atoms with van der Waals surface area (Å²) in [5.74, 6) is 0.643. The third-order valence-electron chi connectivity index (χ3n) is 9.61. The maximum atomic E-state index is 13.5. The summed E-state index contributed by atoms with van der Waals surface area (Å²) in [4.78, 5) is 45.5. The second kappa shape index (κ2) is 10.2. The van der Waals surface area contributed by atoms with Crippen molar-refractivity contribution in [3.8, 4) is 0 Å². The van der Waals surface area contributed by atoms with E-state index in [4.69, 9.17) is 0 Å². The van der Waals surface area contributed by atoms with Gasteiger partial charge in [-0.15, -0.1) is 0 Å². The number of rotatable bonds is 7. The molecule has 218 valence electrons. The minimum absolute atomic E-state index is 0.101. The Balaban J connectivity index is 1.10. The molecular formula is C31H38N4O5S. The molecule has 41 heavy (non-hydrogen) atoms. The van der Waals surface area contributed by atoms with Crippen molar-refractivity contribution in [1.82, 2.24) is 20.0 Å². The summed E-state index contributed by atoms with van der Waals surface area (Å²) in [6.45, 7) is 5.88. The Morgan fingerprint density at radius 3 is 2.22 bits per heavy atom. The van der Waals surface area contributed by atoms with Crippen LogP contribution in [0.4, 0.5) is 4.79 Å². The van der Waals surface area contributed by atoms with Crippen molar-refractivity contribution >= 4 is 27.7 Å². The van der Waals surface area contributed by atoms with E-state index in [2.05, 4.69) is 46.3 Å². The number of hydrogen-bond acceptors (Lipinski definition) is 6. The zero-order valence-corrected chi connectivity index (χ0v) is 24.5. The molecule has 3 saturated heterocycles. The zero-order valence-electron chi connectivity index (χ0n) is 23.7. The number of sulfone groups is 1. The molecule has 1 aliphatic carbocycles. The molecule has 9 nitrogen and oxygen atoms in total. The van der Waals surface area contributed by atoms with Gasteiger partial charge in [-0.3, -0.25) is 14.5 Å². The number of hydrogen-bond donors (Lipinski definition) is 1. The number of amides is 4. The predicted molar refractivity (Wildman–Crippen MR) is 154 cm³/mol. The van der Waals surface area contributed by atoms with E-state index < -0.39 is 21.4 Å². The van der Waals surface area contributed by atoms with E-state index in [1.54, 1.807) is 12.1 Å². The third kappa shape index (κ3) is 5.39. The van der Waals surface area contributed by atoms with Gasteiger partial charge in [-0.05, 0) is 54.9 Å². The van der Waals surface area contributed by atoms with Gasteiger partial charge in [0.05, 0.1) is 11.4 Å². The summed E-state index contributed by atoms with van der Waals surface area (Å²) in [7, 11) is -3.32. The van der Waals surface area contributed by atoms with Crippen LogP contribution in [0.1, 0.15) is 49.7 Å². The molecule has 2 aromatic carbocycles. The van der Waals surface area contributed by atoms with E-state index in [1.165, 1.54) is 22.6 Å². The molecule has 6 rings (SSSR count). The standard InChI is InChI=1S/C31H38N4O5S/c1-30(12-13-30)27(36)34-20-24(26(21-34)23-6-4-3-5-7-23)19-33-16-14-31(15-17-33)28(37)35(29(38)32-31)18-22-8-10-25(11-9-22)41(2,39)40/h3-11,24,26H,12-21H2,1-2H3,(H,32,38). The largest absolute Gasteiger partial charge is 0.341 e. The van der Waals surface area contributed by atoms with Crippen LogP contribution >= 0.6 is 0 Å². The molecule has 0 radical (unpaired) electrons. The fourth-order valence-electron chi connectivity index (χ4n) is 6.72. The van der Waals surface area contributed by atoms with Crippen molar-refractivity contribution in [2.45, 2.75) is 55.5 Å². The third-order valence-corrected chi connectivity index (χ3v) is 10.7. The molecule has 2 aromatic rings. The molecule has 0 bridgehead atoms. The molecule has 0 aromatic heterocycles. The second-order valence-electron chi connectivity index (χ2n) is 12.7. The molecule has 4 fully saturated rings. The first-order valence-electron chi connectivity index (χ1n) is 14.5. The lowest BCUT2D eigenvalue weighted by Crippen LogP contribution is -2.55. The van der Waals surface area contributed by atoms with Crippen molar-refractivity contribution < 1.29 is 22.8 Å². The van der Waals surface area contributed by atoms with Gasteiger partial charge < -0.3 is 15.1 Å². The fraction of sp³-hybridized carbons (Fsp3) is 0.516. The molecule has 4 amide bonds. The normalized spacial score (nSPS) is 25.5. The summed E-state index contributed by atoms with van der Waals surface area (Å²) in [6, 6.07) is 16.3. The molecule has 1 saturated carbocycles. The van der Waals surface area contributed by atoms with E-state index in [0.29, 0.717) is 37.4 Å². The first kappa shape index (κ1) is 27.9. The van der Waals surface area contributed by atoms with Crippen LogP contribution in [0.3, 0.4) is 0 Å². The van der Waals surface area contributed by atoms with Gasteiger partial charge in [-0.1, -0.05) is 49.4 Å². The van der Waals surface area contributed by atoms with Crippen LogP contribution in [0, 0.1) is 11.3 Å². The van der Waals surface area contributed by atoms with E-state index in [0.717, 1.165) is 38.7 Å². The van der Waals surface area contributed by atoms with Crippen LogP contribution in [0.15, 0.2) is 59.5 Å². The Kier molecular flexibility index (Phi) is 6.97. The molecule has 10 heteroatoms. The number of urea groups is 1. The average molecular weight is 579 g/mol. The highest BCUT2D eigenvalue weighted by Crippen LogP contribution is 2.48. The summed E-state index contributed by atoms with van der Waals surface area (Å²) in [6.07, 6.45) is 4.16. The Morgan fingerprint density at radius 2 is 1.61 bits per heavy atom. The Morgan fingerprint density at radius 1 is 0.951 bits per heavy atom. The van der Waals surface area contributed by atoms with Gasteiger partial charge in [0.15, 0.2) is 9.84 Å². The van der Waals surface area contributed by atoms with Crippen molar-refractivity contribution in [3.63, 3.8) is 0 Å². The van der Waals surface area contributed by atoms with Crippen molar-refractivity contribution in [2.24, 2.45) is 11.3 Å². The Bertz CT molecular complexity index is 1450. The molecule has 3 heterocycles. The number of carbonyl (C=O) groups excluding carboxylic acids is 3. The summed E-state index contributed by atoms with van der Waals surface area (Å²) in [5, 5.41) is 2.98. The number of nitrogens with one attached hydrogen (secondary N) is 1. The zero-order chi connectivity index (χ0) is 29.0. The van der Waals surface area contributed by atoms with Gasteiger partial charge in [0, 0.05) is 50.3 Å². The van der Waals surface area contributed by atoms with Crippen molar-refractivity contribution in [1.29, 1.82) is 0 Å². The molecule has 1 spiro atoms. The summed E-state index contributed by atoms with van der Waals surface area (Å²) >= 11 is 0. The van der Waals surface area contributed by atoms with Gasteiger partial charge in [0.1, 0.15) is 5.54 Å². The monoisotopic (exact) mass is 578 g/mol. The number of imide groups is 1. The SMILES string of the molecule is CC1(C(=O)N2CC(CN3CCC4(CC3)NC(=O)N(Cc3ccc(S(C)(=O)=O)cc3)C4=O)C(c3ccccc3)C2)CC1. The molecule has 3 aliphatic heterocycles. The van der Waals surface area contributed by atoms with Crippen LogP contribution in [0.5, 0.6) is 0 Å². The molecular weight excluding hydrogens is 540 g/mol. The number of benzene rings is 2. The second-order valence-corrected chi connectivity index (χ2v) is 14.7. The number of likely N-dealkylation sites (tertiary alicyclic amines) is 2. The van der Waals surface area contributed by atoms with Crippen molar-refractivity contribution in [3.05, 3.63) is 65.7 Å². The Hall–Kier alpha value is -3.24. The maximum absolute atomic E-state index is 13.5. The van der Waals surface area contributed by atoms with Crippen molar-refractivity contribution in [2.75, 3.05) is 39.0 Å². The number of nitrogens with zero attached hydrogens (tertiary/aromatic N) is 3. The quantitative estimate of drug-likeness (QED) is 0.507. The van der Waals surface area contributed by atoms with Gasteiger partial charge in [0.25, 0.3) is 5.91 Å². The predicted octanol–water partition coefficient (Wildman–Crippen LogP) is 3.02. The lowest BCUT2D eigenvalue weighted by atomic mass is 9.85. The van der Waals surface area contributed by atoms with Crippen LogP contribution < -0.4 is 5.32 Å². The summed E-state index contributed by atoms with van der Waals surface area (Å²) < 4.78 is 23.5. The maximum Gasteiger partial charge on any atom is 0.325 e. The molecule has 2 unspecified atom stereocenters. The van der Waals surface area contributed by atoms with E-state index in [-0.39, 0.29) is 34.6 Å². The fourth-order valence-corrected chi connectivity index (χ4v) is 7.35. The molecule has 4 aliphatic rings. The lowest BCUT2D eigenvalue weighted by molar-refractivity contribution is -0.135. The average Bonchev–Trinajstić information content (AvgIpc) is 3.51. The first-order chi connectivity index (χ1) is 19.5. The van der Waals surface area contributed by atoms with Crippen LogP contribution in [0.2, 0.25) is 0 Å². The lowest BCUT2D eigenvalue weighted by Gasteiger charge is -2.38. The highest BCUT2D eigenvalue weighted by molar-refractivity contribution is 7.90.